The Morgan fingerprint density at radius 1 is 1.48 bits per heavy atom. The fourth-order valence-electron chi connectivity index (χ4n) is 2.99. The molecular formula is C16H19ClN2O6. The van der Waals surface area contributed by atoms with E-state index in [9.17, 15) is 24.8 Å². The average molecular weight is 371 g/mol. The van der Waals surface area contributed by atoms with Crippen molar-refractivity contribution in [2.75, 3.05) is 6.54 Å². The molecule has 0 aromatic heterocycles. The van der Waals surface area contributed by atoms with Crippen molar-refractivity contribution >= 4 is 29.2 Å². The zero-order chi connectivity index (χ0) is 18.7. The molecule has 1 aliphatic rings. The normalized spacial score (nSPS) is 21.5. The van der Waals surface area contributed by atoms with E-state index in [2.05, 4.69) is 0 Å². The Bertz CT molecular complexity index is 695. The van der Waals surface area contributed by atoms with E-state index in [-0.39, 0.29) is 16.5 Å². The van der Waals surface area contributed by atoms with Gasteiger partial charge in [0.15, 0.2) is 11.9 Å². The number of amides is 1. The van der Waals surface area contributed by atoms with Crippen molar-refractivity contribution in [3.63, 3.8) is 0 Å². The number of carbonyl (C=O) groups is 2. The number of carboxylic acid groups (broad SMARTS) is 1. The van der Waals surface area contributed by atoms with Crippen LogP contribution in [0.4, 0.5) is 5.69 Å². The van der Waals surface area contributed by atoms with Crippen LogP contribution in [0.5, 0.6) is 5.75 Å². The second kappa shape index (κ2) is 7.69. The first-order valence-corrected chi connectivity index (χ1v) is 8.24. The standard InChI is InChI=1S/C16H19ClN2O6/c1-9-12(16(21)22)4-3-7-18(9)15(20)10(2)25-14-6-5-11(17)8-13(14)19(23)24/h5-6,8-10,12H,3-4,7H2,1-2H3,(H,21,22)/t9-,10?,12-/m0/s1. The Hall–Kier alpha value is -2.35. The van der Waals surface area contributed by atoms with E-state index in [4.69, 9.17) is 16.3 Å². The number of piperidine rings is 1. The number of halogens is 1. The number of aliphatic carboxylic acids is 1. The Morgan fingerprint density at radius 3 is 2.76 bits per heavy atom. The lowest BCUT2D eigenvalue weighted by atomic mass is 9.90. The molecule has 1 aromatic rings. The van der Waals surface area contributed by atoms with Crippen molar-refractivity contribution in [2.45, 2.75) is 38.8 Å². The number of hydrogen-bond acceptors (Lipinski definition) is 5. The van der Waals surface area contributed by atoms with Gasteiger partial charge in [-0.2, -0.15) is 0 Å². The van der Waals surface area contributed by atoms with Gasteiger partial charge in [0.1, 0.15) is 0 Å². The predicted octanol–water partition coefficient (Wildman–Crippen LogP) is 2.73. The van der Waals surface area contributed by atoms with Crippen LogP contribution in [0.25, 0.3) is 0 Å². The van der Waals surface area contributed by atoms with Crippen LogP contribution < -0.4 is 4.74 Å². The number of nitro benzene ring substituents is 1. The minimum Gasteiger partial charge on any atom is -0.481 e. The quantitative estimate of drug-likeness (QED) is 0.630. The molecule has 1 fully saturated rings. The van der Waals surface area contributed by atoms with Gasteiger partial charge in [0, 0.05) is 23.7 Å². The molecule has 0 aliphatic carbocycles. The van der Waals surface area contributed by atoms with Crippen molar-refractivity contribution in [1.82, 2.24) is 4.90 Å². The van der Waals surface area contributed by atoms with E-state index >= 15 is 0 Å². The fraction of sp³-hybridized carbons (Fsp3) is 0.500. The van der Waals surface area contributed by atoms with Crippen molar-refractivity contribution in [1.29, 1.82) is 0 Å². The van der Waals surface area contributed by atoms with Crippen molar-refractivity contribution in [2.24, 2.45) is 5.92 Å². The van der Waals surface area contributed by atoms with Crippen LogP contribution in [0.15, 0.2) is 18.2 Å². The maximum absolute atomic E-state index is 12.6. The first-order valence-electron chi connectivity index (χ1n) is 7.86. The van der Waals surface area contributed by atoms with Crippen molar-refractivity contribution in [3.05, 3.63) is 33.3 Å². The van der Waals surface area contributed by atoms with Crippen LogP contribution in [0.2, 0.25) is 5.02 Å². The minimum absolute atomic E-state index is 0.0605. The van der Waals surface area contributed by atoms with E-state index in [1.165, 1.54) is 24.0 Å². The van der Waals surface area contributed by atoms with Gasteiger partial charge in [-0.05, 0) is 38.8 Å². The number of ether oxygens (including phenoxy) is 1. The van der Waals surface area contributed by atoms with E-state index in [1.807, 2.05) is 0 Å². The van der Waals surface area contributed by atoms with Gasteiger partial charge in [-0.15, -0.1) is 0 Å². The summed E-state index contributed by atoms with van der Waals surface area (Å²) in [6, 6.07) is 3.46. The van der Waals surface area contributed by atoms with Crippen LogP contribution in [-0.4, -0.2) is 45.5 Å². The van der Waals surface area contributed by atoms with Gasteiger partial charge in [0.25, 0.3) is 5.91 Å². The molecular weight excluding hydrogens is 352 g/mol. The summed E-state index contributed by atoms with van der Waals surface area (Å²) in [6.07, 6.45) is 0.105. The lowest BCUT2D eigenvalue weighted by molar-refractivity contribution is -0.386. The lowest BCUT2D eigenvalue weighted by Crippen LogP contribution is -2.52. The van der Waals surface area contributed by atoms with E-state index in [1.54, 1.807) is 6.92 Å². The SMILES string of the molecule is CC(Oc1ccc(Cl)cc1[N+](=O)[O-])C(=O)N1CCC[C@H](C(=O)O)[C@@H]1C. The van der Waals surface area contributed by atoms with Crippen LogP contribution in [0.1, 0.15) is 26.7 Å². The number of carbonyl (C=O) groups excluding carboxylic acids is 1. The molecule has 0 spiro atoms. The fourth-order valence-corrected chi connectivity index (χ4v) is 3.16. The summed E-state index contributed by atoms with van der Waals surface area (Å²) in [4.78, 5) is 35.9. The summed E-state index contributed by atoms with van der Waals surface area (Å²) in [7, 11) is 0. The third-order valence-electron chi connectivity index (χ3n) is 4.36. The Kier molecular flexibility index (Phi) is 5.84. The molecule has 0 saturated carbocycles. The number of rotatable bonds is 5. The minimum atomic E-state index is -0.991. The highest BCUT2D eigenvalue weighted by atomic mass is 35.5. The molecule has 2 rings (SSSR count). The zero-order valence-corrected chi connectivity index (χ0v) is 14.6. The Labute approximate surface area is 149 Å². The van der Waals surface area contributed by atoms with Crippen LogP contribution >= 0.6 is 11.6 Å². The van der Waals surface area contributed by atoms with Gasteiger partial charge in [-0.1, -0.05) is 11.6 Å². The molecule has 25 heavy (non-hydrogen) atoms. The van der Waals surface area contributed by atoms with E-state index in [0.29, 0.717) is 19.4 Å². The summed E-state index contributed by atoms with van der Waals surface area (Å²) in [6.45, 7) is 3.60. The van der Waals surface area contributed by atoms with Gasteiger partial charge in [-0.3, -0.25) is 19.7 Å². The molecule has 1 N–H and O–H groups in total. The predicted molar refractivity (Wildman–Crippen MR) is 89.7 cm³/mol. The molecule has 1 aliphatic heterocycles. The third kappa shape index (κ3) is 4.19. The molecule has 0 radical (unpaired) electrons. The summed E-state index contributed by atoms with van der Waals surface area (Å²) in [5, 5.41) is 20.5. The monoisotopic (exact) mass is 370 g/mol. The van der Waals surface area contributed by atoms with Crippen molar-refractivity contribution in [3.8, 4) is 5.75 Å². The highest BCUT2D eigenvalue weighted by Crippen LogP contribution is 2.31. The summed E-state index contributed by atoms with van der Waals surface area (Å²) >= 11 is 5.76. The summed E-state index contributed by atoms with van der Waals surface area (Å²) < 4.78 is 5.48. The molecule has 1 heterocycles. The number of nitrogens with zero attached hydrogens (tertiary/aromatic N) is 2. The number of likely N-dealkylation sites (tertiary alicyclic amines) is 1. The summed E-state index contributed by atoms with van der Waals surface area (Å²) in [5.74, 6) is -2.03. The average Bonchev–Trinajstić information content (AvgIpc) is 2.55. The first-order chi connectivity index (χ1) is 11.7. The zero-order valence-electron chi connectivity index (χ0n) is 13.8. The van der Waals surface area contributed by atoms with Crippen molar-refractivity contribution < 1.29 is 24.4 Å². The molecule has 1 saturated heterocycles. The van der Waals surface area contributed by atoms with Gasteiger partial charge >= 0.3 is 11.7 Å². The van der Waals surface area contributed by atoms with E-state index in [0.717, 1.165) is 6.07 Å². The van der Waals surface area contributed by atoms with Crippen LogP contribution in [0.3, 0.4) is 0 Å². The molecule has 3 atom stereocenters. The first kappa shape index (κ1) is 19.0. The molecule has 136 valence electrons. The Morgan fingerprint density at radius 2 is 2.16 bits per heavy atom. The number of nitro groups is 1. The highest BCUT2D eigenvalue weighted by Gasteiger charge is 2.37. The molecule has 8 nitrogen and oxygen atoms in total. The van der Waals surface area contributed by atoms with Gasteiger partial charge in [0.05, 0.1) is 10.8 Å². The number of benzene rings is 1. The highest BCUT2D eigenvalue weighted by molar-refractivity contribution is 6.30. The van der Waals surface area contributed by atoms with Gasteiger partial charge < -0.3 is 14.7 Å². The second-order valence-corrected chi connectivity index (χ2v) is 6.42. The second-order valence-electron chi connectivity index (χ2n) is 5.99. The lowest BCUT2D eigenvalue weighted by Gasteiger charge is -2.38. The molecule has 1 amide bonds. The van der Waals surface area contributed by atoms with Crippen LogP contribution in [0, 0.1) is 16.0 Å². The molecule has 9 heteroatoms. The maximum Gasteiger partial charge on any atom is 0.312 e. The third-order valence-corrected chi connectivity index (χ3v) is 4.59. The largest absolute Gasteiger partial charge is 0.481 e. The molecule has 1 unspecified atom stereocenters. The number of hydrogen-bond donors (Lipinski definition) is 1. The maximum atomic E-state index is 12.6. The molecule has 1 aromatic carbocycles. The van der Waals surface area contributed by atoms with Gasteiger partial charge in [0.2, 0.25) is 0 Å². The Balaban J connectivity index is 2.15. The van der Waals surface area contributed by atoms with E-state index < -0.39 is 34.9 Å². The smallest absolute Gasteiger partial charge is 0.312 e. The molecule has 0 bridgehead atoms. The van der Waals surface area contributed by atoms with Gasteiger partial charge in [-0.25, -0.2) is 0 Å². The van der Waals surface area contributed by atoms with Crippen LogP contribution in [-0.2, 0) is 9.59 Å². The number of carboxylic acids is 1. The summed E-state index contributed by atoms with van der Waals surface area (Å²) in [5.41, 5.74) is -0.331. The topological polar surface area (TPSA) is 110 Å².